The predicted molar refractivity (Wildman–Crippen MR) is 147 cm³/mol. The molecule has 0 radical (unpaired) electrons. The number of amides is 2. The fourth-order valence-electron chi connectivity index (χ4n) is 6.66. The highest BCUT2D eigenvalue weighted by molar-refractivity contribution is 6.31. The minimum Gasteiger partial charge on any atom is -0.393 e. The molecule has 1 unspecified atom stereocenters. The average molecular weight is 563 g/mol. The molecule has 1 saturated carbocycles. The molecular formula is C29H34Cl2FN3O3. The van der Waals surface area contributed by atoms with Crippen LogP contribution in [0.2, 0.25) is 10.0 Å². The second kappa shape index (κ2) is 10.1. The van der Waals surface area contributed by atoms with Gasteiger partial charge in [0.05, 0.1) is 17.2 Å². The van der Waals surface area contributed by atoms with E-state index in [9.17, 15) is 14.7 Å². The van der Waals surface area contributed by atoms with Gasteiger partial charge in [0.25, 0.3) is 0 Å². The summed E-state index contributed by atoms with van der Waals surface area (Å²) in [5, 5.41) is 19.9. The predicted octanol–water partition coefficient (Wildman–Crippen LogP) is 5.30. The fraction of sp³-hybridized carbons (Fsp3) is 0.517. The summed E-state index contributed by atoms with van der Waals surface area (Å²) in [4.78, 5) is 28.1. The summed E-state index contributed by atoms with van der Waals surface area (Å²) in [6.45, 7) is 6.23. The third kappa shape index (κ3) is 4.72. The zero-order chi connectivity index (χ0) is 27.4. The number of rotatable bonds is 4. The van der Waals surface area contributed by atoms with Gasteiger partial charge in [-0.1, -0.05) is 62.2 Å². The van der Waals surface area contributed by atoms with Crippen LogP contribution in [0.5, 0.6) is 0 Å². The smallest absolute Gasteiger partial charge is 0.238 e. The highest BCUT2D eigenvalue weighted by Crippen LogP contribution is 2.57. The van der Waals surface area contributed by atoms with Crippen molar-refractivity contribution in [2.24, 2.45) is 5.41 Å². The lowest BCUT2D eigenvalue weighted by Crippen LogP contribution is -2.50. The van der Waals surface area contributed by atoms with E-state index < -0.39 is 29.2 Å². The summed E-state index contributed by atoms with van der Waals surface area (Å²) in [6, 6.07) is 8.50. The van der Waals surface area contributed by atoms with Crippen LogP contribution in [0.4, 0.5) is 10.1 Å². The van der Waals surface area contributed by atoms with E-state index in [0.717, 1.165) is 0 Å². The van der Waals surface area contributed by atoms with E-state index in [1.165, 1.54) is 6.07 Å². The SMILES string of the molecule is CC(C)(C)C[C@@H]1NC(C(=O)N[C@H]2CC[C@H](O)CC2)[C@H](c2cccc(Cl)c2F)[C@]12C(=O)Nc1cc(Cl)ccc12. The normalized spacial score (nSPS) is 30.8. The van der Waals surface area contributed by atoms with Crippen LogP contribution in [0.25, 0.3) is 0 Å². The van der Waals surface area contributed by atoms with E-state index in [1.54, 1.807) is 24.3 Å². The summed E-state index contributed by atoms with van der Waals surface area (Å²) in [5.41, 5.74) is -0.00278. The first kappa shape index (κ1) is 27.4. The van der Waals surface area contributed by atoms with Gasteiger partial charge in [-0.05, 0) is 66.8 Å². The highest BCUT2D eigenvalue weighted by Gasteiger charge is 2.66. The Hall–Kier alpha value is -2.19. The molecule has 1 saturated heterocycles. The van der Waals surface area contributed by atoms with Crippen molar-refractivity contribution in [3.05, 3.63) is 63.4 Å². The molecule has 4 atom stereocenters. The standard InChI is InChI=1S/C29H34Cl2FN3O3/c1-28(2,3)14-22-29(19-12-7-15(30)13-21(19)34-27(29)38)23(18-5-4-6-20(31)24(18)32)25(35-22)26(37)33-16-8-10-17(36)11-9-16/h4-7,12-13,16-17,22-23,25,35-36H,8-11,14H2,1-3H3,(H,33,37)(H,34,38)/t16-,17-,22-,23-,25?,29+/m0/s1. The molecule has 2 aromatic carbocycles. The molecule has 0 aromatic heterocycles. The quantitative estimate of drug-likeness (QED) is 0.407. The van der Waals surface area contributed by atoms with Crippen molar-refractivity contribution in [1.82, 2.24) is 10.6 Å². The first-order chi connectivity index (χ1) is 17.9. The Balaban J connectivity index is 1.67. The average Bonchev–Trinajstić information content (AvgIpc) is 3.31. The van der Waals surface area contributed by atoms with E-state index in [-0.39, 0.29) is 40.0 Å². The molecule has 5 rings (SSSR count). The fourth-order valence-corrected chi connectivity index (χ4v) is 7.02. The summed E-state index contributed by atoms with van der Waals surface area (Å²) in [7, 11) is 0. The van der Waals surface area contributed by atoms with Crippen molar-refractivity contribution in [3.63, 3.8) is 0 Å². The number of carbonyl (C=O) groups excluding carboxylic acids is 2. The van der Waals surface area contributed by atoms with Gasteiger partial charge in [0.15, 0.2) is 0 Å². The molecule has 2 fully saturated rings. The number of carbonyl (C=O) groups is 2. The number of aliphatic hydroxyl groups is 1. The number of hydrogen-bond acceptors (Lipinski definition) is 4. The number of aliphatic hydroxyl groups excluding tert-OH is 1. The first-order valence-electron chi connectivity index (χ1n) is 13.2. The molecule has 2 heterocycles. The molecule has 38 heavy (non-hydrogen) atoms. The minimum atomic E-state index is -1.27. The van der Waals surface area contributed by atoms with Crippen LogP contribution in [0, 0.1) is 11.2 Å². The zero-order valence-corrected chi connectivity index (χ0v) is 23.3. The maximum absolute atomic E-state index is 15.8. The Kier molecular flexibility index (Phi) is 7.27. The molecule has 9 heteroatoms. The van der Waals surface area contributed by atoms with Crippen LogP contribution in [-0.2, 0) is 15.0 Å². The van der Waals surface area contributed by atoms with Gasteiger partial charge < -0.3 is 21.1 Å². The topological polar surface area (TPSA) is 90.5 Å². The van der Waals surface area contributed by atoms with Crippen molar-refractivity contribution in [2.45, 2.75) is 88.4 Å². The van der Waals surface area contributed by atoms with Crippen molar-refractivity contribution < 1.29 is 19.1 Å². The van der Waals surface area contributed by atoms with Crippen molar-refractivity contribution in [3.8, 4) is 0 Å². The lowest BCUT2D eigenvalue weighted by molar-refractivity contribution is -0.124. The van der Waals surface area contributed by atoms with Gasteiger partial charge >= 0.3 is 0 Å². The first-order valence-corrected chi connectivity index (χ1v) is 14.0. The Morgan fingerprint density at radius 1 is 1.16 bits per heavy atom. The number of nitrogens with one attached hydrogen (secondary N) is 3. The molecule has 0 bridgehead atoms. The van der Waals surface area contributed by atoms with Crippen molar-refractivity contribution in [1.29, 1.82) is 0 Å². The number of benzene rings is 2. The number of fused-ring (bicyclic) bond motifs is 2. The lowest BCUT2D eigenvalue weighted by atomic mass is 9.62. The maximum Gasteiger partial charge on any atom is 0.238 e. The van der Waals surface area contributed by atoms with E-state index in [4.69, 9.17) is 23.2 Å². The summed E-state index contributed by atoms with van der Waals surface area (Å²) >= 11 is 12.5. The van der Waals surface area contributed by atoms with Gasteiger partial charge in [0, 0.05) is 28.7 Å². The van der Waals surface area contributed by atoms with E-state index >= 15 is 4.39 Å². The molecule has 2 amide bonds. The van der Waals surface area contributed by atoms with Crippen LogP contribution in [-0.4, -0.2) is 41.2 Å². The molecule has 4 N–H and O–H groups in total. The molecule has 2 aromatic rings. The van der Waals surface area contributed by atoms with Crippen molar-refractivity contribution in [2.75, 3.05) is 5.32 Å². The lowest BCUT2D eigenvalue weighted by Gasteiger charge is -2.38. The molecule has 3 aliphatic rings. The Labute approximate surface area is 232 Å². The highest BCUT2D eigenvalue weighted by atomic mass is 35.5. The molecule has 1 aliphatic carbocycles. The monoisotopic (exact) mass is 561 g/mol. The van der Waals surface area contributed by atoms with Crippen LogP contribution < -0.4 is 16.0 Å². The van der Waals surface area contributed by atoms with Gasteiger partial charge in [-0.15, -0.1) is 0 Å². The summed E-state index contributed by atoms with van der Waals surface area (Å²) in [5.74, 6) is -2.09. The number of anilines is 1. The van der Waals surface area contributed by atoms with Crippen LogP contribution in [0.15, 0.2) is 36.4 Å². The Bertz CT molecular complexity index is 1260. The Morgan fingerprint density at radius 3 is 2.55 bits per heavy atom. The van der Waals surface area contributed by atoms with E-state index in [0.29, 0.717) is 48.4 Å². The summed E-state index contributed by atoms with van der Waals surface area (Å²) in [6.07, 6.45) is 2.75. The molecule has 6 nitrogen and oxygen atoms in total. The third-order valence-corrected chi connectivity index (χ3v) is 8.79. The third-order valence-electron chi connectivity index (χ3n) is 8.26. The molecule has 1 spiro atoms. The second-order valence-electron chi connectivity index (χ2n) is 12.1. The van der Waals surface area contributed by atoms with Gasteiger partial charge in [-0.25, -0.2) is 4.39 Å². The summed E-state index contributed by atoms with van der Waals surface area (Å²) < 4.78 is 15.8. The van der Waals surface area contributed by atoms with Crippen LogP contribution in [0.1, 0.15) is 69.9 Å². The van der Waals surface area contributed by atoms with Gasteiger partial charge in [0.1, 0.15) is 11.2 Å². The molecule has 204 valence electrons. The largest absolute Gasteiger partial charge is 0.393 e. The van der Waals surface area contributed by atoms with Crippen LogP contribution in [0.3, 0.4) is 0 Å². The van der Waals surface area contributed by atoms with Gasteiger partial charge in [-0.2, -0.15) is 0 Å². The molecular weight excluding hydrogens is 528 g/mol. The molecule has 2 aliphatic heterocycles. The second-order valence-corrected chi connectivity index (χ2v) is 13.0. The van der Waals surface area contributed by atoms with Crippen molar-refractivity contribution >= 4 is 40.7 Å². The van der Waals surface area contributed by atoms with E-state index in [1.807, 2.05) is 6.07 Å². The van der Waals surface area contributed by atoms with Crippen LogP contribution >= 0.6 is 23.2 Å². The maximum atomic E-state index is 15.8. The number of hydrogen-bond donors (Lipinski definition) is 4. The number of halogens is 3. The van der Waals surface area contributed by atoms with Gasteiger partial charge in [0.2, 0.25) is 11.8 Å². The minimum absolute atomic E-state index is 0.0629. The van der Waals surface area contributed by atoms with Gasteiger partial charge in [-0.3, -0.25) is 9.59 Å². The Morgan fingerprint density at radius 2 is 1.87 bits per heavy atom. The zero-order valence-electron chi connectivity index (χ0n) is 21.8. The van der Waals surface area contributed by atoms with E-state index in [2.05, 4.69) is 36.7 Å².